The Morgan fingerprint density at radius 3 is 2.94 bits per heavy atom. The van der Waals surface area contributed by atoms with Crippen molar-refractivity contribution in [1.29, 1.82) is 0 Å². The molecule has 2 rings (SSSR count). The number of benzene rings is 1. The zero-order chi connectivity index (χ0) is 12.4. The molecule has 0 bridgehead atoms. The van der Waals surface area contributed by atoms with E-state index in [0.29, 0.717) is 10.0 Å². The summed E-state index contributed by atoms with van der Waals surface area (Å²) < 4.78 is 13.2. The second-order valence-corrected chi connectivity index (χ2v) is 6.25. The Balaban J connectivity index is 2.24. The predicted molar refractivity (Wildman–Crippen MR) is 69.1 cm³/mol. The van der Waals surface area contributed by atoms with E-state index >= 15 is 0 Å². The average Bonchev–Trinajstić information content (AvgIpc) is 2.68. The van der Waals surface area contributed by atoms with Gasteiger partial charge in [-0.25, -0.2) is 4.98 Å². The van der Waals surface area contributed by atoms with E-state index in [0.717, 1.165) is 10.2 Å². The Bertz CT molecular complexity index is 594. The molecule has 0 saturated carbocycles. The fourth-order valence-electron chi connectivity index (χ4n) is 1.30. The molecular weight excluding hydrogens is 258 g/mol. The van der Waals surface area contributed by atoms with E-state index in [4.69, 9.17) is 11.5 Å². The van der Waals surface area contributed by atoms with E-state index < -0.39 is 16.7 Å². The van der Waals surface area contributed by atoms with Gasteiger partial charge in [0.25, 0.3) is 0 Å². The first kappa shape index (κ1) is 12.0. The van der Waals surface area contributed by atoms with Gasteiger partial charge in [-0.1, -0.05) is 0 Å². The van der Waals surface area contributed by atoms with Gasteiger partial charge in [0.1, 0.15) is 0 Å². The van der Waals surface area contributed by atoms with Crippen LogP contribution < -0.4 is 11.5 Å². The number of nitrogens with zero attached hydrogens (tertiary/aromatic N) is 1. The molecule has 90 valence electrons. The first-order chi connectivity index (χ1) is 8.06. The van der Waals surface area contributed by atoms with Crippen molar-refractivity contribution in [3.63, 3.8) is 0 Å². The number of nitrogens with two attached hydrogens (primary N) is 2. The number of hydrogen-bond donors (Lipinski definition) is 2. The summed E-state index contributed by atoms with van der Waals surface area (Å²) in [7, 11) is -1.28. The zero-order valence-corrected chi connectivity index (χ0v) is 10.5. The molecule has 1 unspecified atom stereocenters. The Kier molecular flexibility index (Phi) is 3.39. The predicted octanol–water partition coefficient (Wildman–Crippen LogP) is 0.861. The molecule has 1 aromatic heterocycles. The standard InChI is InChI=1S/C10H11N3O2S2/c11-6-1-2-7-8(5-6)16-10(13-7)17(15)4-3-9(12)14/h1-2,5H,3-4,11H2,(H2,12,14). The molecule has 2 aromatic rings. The highest BCUT2D eigenvalue weighted by molar-refractivity contribution is 7.87. The van der Waals surface area contributed by atoms with Gasteiger partial charge in [-0.05, 0) is 18.2 Å². The van der Waals surface area contributed by atoms with Gasteiger partial charge in [-0.2, -0.15) is 0 Å². The fourth-order valence-corrected chi connectivity index (χ4v) is 3.70. The van der Waals surface area contributed by atoms with Crippen molar-refractivity contribution < 1.29 is 9.00 Å². The van der Waals surface area contributed by atoms with Gasteiger partial charge in [0.15, 0.2) is 4.34 Å². The van der Waals surface area contributed by atoms with Crippen molar-refractivity contribution >= 4 is 43.9 Å². The first-order valence-corrected chi connectivity index (χ1v) is 7.02. The summed E-state index contributed by atoms with van der Waals surface area (Å²) in [6.07, 6.45) is 0.102. The second-order valence-electron chi connectivity index (χ2n) is 3.47. The number of carbonyl (C=O) groups is 1. The molecule has 1 amide bonds. The van der Waals surface area contributed by atoms with Crippen molar-refractivity contribution in [1.82, 2.24) is 4.98 Å². The molecule has 5 nitrogen and oxygen atoms in total. The van der Waals surface area contributed by atoms with Crippen LogP contribution in [0.15, 0.2) is 22.5 Å². The van der Waals surface area contributed by atoms with Crippen LogP contribution >= 0.6 is 11.3 Å². The number of anilines is 1. The van der Waals surface area contributed by atoms with Crippen molar-refractivity contribution in [3.05, 3.63) is 18.2 Å². The third-order valence-electron chi connectivity index (χ3n) is 2.12. The van der Waals surface area contributed by atoms with Crippen molar-refractivity contribution in [2.45, 2.75) is 10.8 Å². The van der Waals surface area contributed by atoms with Crippen LogP contribution in [0.5, 0.6) is 0 Å². The molecule has 0 saturated heterocycles. The maximum absolute atomic E-state index is 11.8. The molecule has 0 radical (unpaired) electrons. The van der Waals surface area contributed by atoms with Crippen molar-refractivity contribution in [3.8, 4) is 0 Å². The lowest BCUT2D eigenvalue weighted by molar-refractivity contribution is -0.117. The summed E-state index contributed by atoms with van der Waals surface area (Å²) in [4.78, 5) is 14.8. The average molecular weight is 269 g/mol. The van der Waals surface area contributed by atoms with Crippen LogP contribution in [0.2, 0.25) is 0 Å². The van der Waals surface area contributed by atoms with Gasteiger partial charge in [0, 0.05) is 17.9 Å². The lowest BCUT2D eigenvalue weighted by Crippen LogP contribution is -2.14. The molecule has 0 spiro atoms. The summed E-state index contributed by atoms with van der Waals surface area (Å²) in [6.45, 7) is 0. The largest absolute Gasteiger partial charge is 0.399 e. The molecule has 0 aliphatic rings. The fraction of sp³-hybridized carbons (Fsp3) is 0.200. The second kappa shape index (κ2) is 4.80. The van der Waals surface area contributed by atoms with Crippen LogP contribution in [0, 0.1) is 0 Å². The smallest absolute Gasteiger partial charge is 0.218 e. The number of hydrogen-bond acceptors (Lipinski definition) is 5. The van der Waals surface area contributed by atoms with Crippen LogP contribution in [0.25, 0.3) is 10.2 Å². The van der Waals surface area contributed by atoms with Crippen LogP contribution in [-0.4, -0.2) is 20.9 Å². The Morgan fingerprint density at radius 1 is 1.47 bits per heavy atom. The topological polar surface area (TPSA) is 99.1 Å². The number of thiazole rings is 1. The number of nitrogen functional groups attached to an aromatic ring is 1. The van der Waals surface area contributed by atoms with E-state index in [-0.39, 0.29) is 12.2 Å². The lowest BCUT2D eigenvalue weighted by Gasteiger charge is -1.93. The number of carbonyl (C=O) groups excluding carboxylic acids is 1. The number of amides is 1. The quantitative estimate of drug-likeness (QED) is 0.804. The van der Waals surface area contributed by atoms with Crippen LogP contribution in [0.4, 0.5) is 5.69 Å². The molecule has 4 N–H and O–H groups in total. The number of aromatic nitrogens is 1. The van der Waals surface area contributed by atoms with Crippen LogP contribution in [0.3, 0.4) is 0 Å². The van der Waals surface area contributed by atoms with Crippen LogP contribution in [0.1, 0.15) is 6.42 Å². The highest BCUT2D eigenvalue weighted by Gasteiger charge is 2.11. The Morgan fingerprint density at radius 2 is 2.24 bits per heavy atom. The monoisotopic (exact) mass is 269 g/mol. The lowest BCUT2D eigenvalue weighted by atomic mass is 10.3. The Hall–Kier alpha value is -1.47. The third-order valence-corrected chi connectivity index (χ3v) is 4.80. The van der Waals surface area contributed by atoms with Gasteiger partial charge >= 0.3 is 0 Å². The SMILES string of the molecule is NC(=O)CCS(=O)c1nc2ccc(N)cc2s1. The molecule has 17 heavy (non-hydrogen) atoms. The molecule has 0 aliphatic carbocycles. The number of rotatable bonds is 4. The maximum atomic E-state index is 11.8. The van der Waals surface area contributed by atoms with Crippen molar-refractivity contribution in [2.24, 2.45) is 5.73 Å². The molecule has 1 aromatic carbocycles. The molecule has 1 atom stereocenters. The summed E-state index contributed by atoms with van der Waals surface area (Å²) in [5.74, 6) is -0.242. The van der Waals surface area contributed by atoms with E-state index in [1.165, 1.54) is 11.3 Å². The van der Waals surface area contributed by atoms with Crippen LogP contribution in [-0.2, 0) is 15.6 Å². The molecule has 0 fully saturated rings. The molecule has 1 heterocycles. The van der Waals surface area contributed by atoms with E-state index in [1.807, 2.05) is 0 Å². The zero-order valence-electron chi connectivity index (χ0n) is 8.88. The third kappa shape index (κ3) is 2.80. The van der Waals surface area contributed by atoms with Crippen molar-refractivity contribution in [2.75, 3.05) is 11.5 Å². The van der Waals surface area contributed by atoms with Gasteiger partial charge in [0.05, 0.1) is 21.0 Å². The Labute approximate surface area is 104 Å². The minimum absolute atomic E-state index is 0.102. The minimum atomic E-state index is -1.28. The van der Waals surface area contributed by atoms with Gasteiger partial charge in [-0.3, -0.25) is 9.00 Å². The summed E-state index contributed by atoms with van der Waals surface area (Å²) in [5.41, 5.74) is 12.1. The highest BCUT2D eigenvalue weighted by Crippen LogP contribution is 2.26. The van der Waals surface area contributed by atoms with Gasteiger partial charge in [-0.15, -0.1) is 11.3 Å². The maximum Gasteiger partial charge on any atom is 0.218 e. The first-order valence-electron chi connectivity index (χ1n) is 4.89. The molecule has 0 aliphatic heterocycles. The number of fused-ring (bicyclic) bond motifs is 1. The summed E-state index contributed by atoms with van der Waals surface area (Å²) >= 11 is 1.33. The van der Waals surface area contributed by atoms with E-state index in [9.17, 15) is 9.00 Å². The normalized spacial score (nSPS) is 12.7. The number of primary amides is 1. The summed E-state index contributed by atoms with van der Waals surface area (Å²) in [5, 5.41) is 0. The van der Waals surface area contributed by atoms with Gasteiger partial charge in [0.2, 0.25) is 5.91 Å². The molecular formula is C10H11N3O2S2. The minimum Gasteiger partial charge on any atom is -0.399 e. The summed E-state index contributed by atoms with van der Waals surface area (Å²) in [6, 6.07) is 5.33. The molecule has 7 heteroatoms. The highest BCUT2D eigenvalue weighted by atomic mass is 32.2. The van der Waals surface area contributed by atoms with E-state index in [1.54, 1.807) is 18.2 Å². The van der Waals surface area contributed by atoms with Gasteiger partial charge < -0.3 is 11.5 Å². The van der Waals surface area contributed by atoms with E-state index in [2.05, 4.69) is 4.98 Å².